The molecule has 1 saturated carbocycles. The van der Waals surface area contributed by atoms with E-state index in [1.165, 1.54) is 0 Å². The maximum atomic E-state index is 12.3. The second kappa shape index (κ2) is 3.42. The Morgan fingerprint density at radius 1 is 1.24 bits per heavy atom. The van der Waals surface area contributed by atoms with Crippen LogP contribution in [0.1, 0.15) is 6.42 Å². The molecule has 0 aromatic rings. The first-order chi connectivity index (χ1) is 8.21. The van der Waals surface area contributed by atoms with Crippen LogP contribution in [0.2, 0.25) is 0 Å². The van der Waals surface area contributed by atoms with Crippen molar-refractivity contribution in [2.75, 3.05) is 13.2 Å². The average Bonchev–Trinajstić information content (AvgIpc) is 3.00. The summed E-state index contributed by atoms with van der Waals surface area (Å²) in [5.41, 5.74) is 0. The van der Waals surface area contributed by atoms with E-state index in [0.29, 0.717) is 25.0 Å². The highest BCUT2D eigenvalue weighted by Crippen LogP contribution is 2.58. The summed E-state index contributed by atoms with van der Waals surface area (Å²) in [7, 11) is 0. The molecule has 0 unspecified atom stereocenters. The molecule has 4 atom stereocenters. The summed E-state index contributed by atoms with van der Waals surface area (Å²) in [6, 6.07) is 0. The van der Waals surface area contributed by atoms with Crippen LogP contribution in [-0.2, 0) is 14.3 Å². The molecule has 4 aliphatic rings. The van der Waals surface area contributed by atoms with Crippen LogP contribution in [0.3, 0.4) is 0 Å². The van der Waals surface area contributed by atoms with Gasteiger partial charge in [0.25, 0.3) is 0 Å². The van der Waals surface area contributed by atoms with E-state index in [2.05, 4.69) is 34.7 Å². The number of rotatable bonds is 0. The maximum absolute atomic E-state index is 12.3. The molecule has 1 saturated heterocycles. The monoisotopic (exact) mass is 344 g/mol. The van der Waals surface area contributed by atoms with Crippen LogP contribution in [0, 0.1) is 23.7 Å². The SMILES string of the molecule is O=C1C(I)=CC2(OCCO2)[C@@H]2[C@H]1[C@@H]1C=C[C@H]2C1. The average molecular weight is 344 g/mol. The molecule has 1 aliphatic heterocycles. The molecule has 0 N–H and O–H groups in total. The van der Waals surface area contributed by atoms with Crippen LogP contribution in [-0.4, -0.2) is 24.8 Å². The van der Waals surface area contributed by atoms with E-state index in [1.807, 2.05) is 6.08 Å². The number of ether oxygens (including phenoxy) is 2. The Bertz CT molecular complexity index is 448. The predicted octanol–water partition coefficient (Wildman–Crippen LogP) is 2.07. The van der Waals surface area contributed by atoms with Crippen LogP contribution in [0.5, 0.6) is 0 Å². The predicted molar refractivity (Wildman–Crippen MR) is 69.5 cm³/mol. The van der Waals surface area contributed by atoms with Gasteiger partial charge in [0.15, 0.2) is 11.6 Å². The van der Waals surface area contributed by atoms with Crippen LogP contribution in [0.15, 0.2) is 21.8 Å². The summed E-state index contributed by atoms with van der Waals surface area (Å²) >= 11 is 2.13. The zero-order chi connectivity index (χ0) is 11.6. The van der Waals surface area contributed by atoms with Gasteiger partial charge in [-0.25, -0.2) is 0 Å². The summed E-state index contributed by atoms with van der Waals surface area (Å²) in [4.78, 5) is 12.3. The Labute approximate surface area is 113 Å². The fourth-order valence-corrected chi connectivity index (χ4v) is 4.74. The lowest BCUT2D eigenvalue weighted by atomic mass is 9.72. The Hall–Kier alpha value is -0.200. The minimum atomic E-state index is -0.612. The van der Waals surface area contributed by atoms with Crippen molar-refractivity contribution in [1.82, 2.24) is 0 Å². The third-order valence-corrected chi connectivity index (χ3v) is 5.37. The van der Waals surface area contributed by atoms with E-state index in [9.17, 15) is 4.79 Å². The van der Waals surface area contributed by atoms with Gasteiger partial charge in [-0.05, 0) is 46.9 Å². The zero-order valence-electron chi connectivity index (χ0n) is 9.27. The lowest BCUT2D eigenvalue weighted by molar-refractivity contribution is -0.180. The summed E-state index contributed by atoms with van der Waals surface area (Å²) < 4.78 is 12.5. The van der Waals surface area contributed by atoms with E-state index in [4.69, 9.17) is 9.47 Å². The molecule has 3 aliphatic carbocycles. The number of Topliss-reactive ketones (excluding diaryl/α,β-unsaturated/α-hetero) is 1. The molecule has 4 rings (SSSR count). The molecule has 3 nitrogen and oxygen atoms in total. The normalized spacial score (nSPS) is 45.5. The molecule has 2 bridgehead atoms. The lowest BCUT2D eigenvalue weighted by Crippen LogP contribution is -2.49. The van der Waals surface area contributed by atoms with Crippen LogP contribution >= 0.6 is 22.6 Å². The fourth-order valence-electron chi connectivity index (χ4n) is 3.95. The lowest BCUT2D eigenvalue weighted by Gasteiger charge is -2.41. The molecular weight excluding hydrogens is 331 g/mol. The second-order valence-corrected chi connectivity index (χ2v) is 6.44. The first kappa shape index (κ1) is 10.7. The molecule has 0 aromatic heterocycles. The van der Waals surface area contributed by atoms with Gasteiger partial charge in [-0.3, -0.25) is 4.79 Å². The smallest absolute Gasteiger partial charge is 0.193 e. The third kappa shape index (κ3) is 1.26. The summed E-state index contributed by atoms with van der Waals surface area (Å²) in [6.45, 7) is 1.28. The molecule has 0 aromatic carbocycles. The fraction of sp³-hybridized carbons (Fsp3) is 0.615. The summed E-state index contributed by atoms with van der Waals surface area (Å²) in [6.07, 6.45) is 7.46. The molecule has 90 valence electrons. The van der Waals surface area contributed by atoms with E-state index < -0.39 is 5.79 Å². The standard InChI is InChI=1S/C13H13IO3/c14-9-6-13(16-3-4-17-13)11-8-2-1-7(5-8)10(11)12(9)15/h1-2,6-8,10-11H,3-5H2/t7-,8+,10-,11+/m1/s1. The second-order valence-electron chi connectivity index (χ2n) is 5.27. The Kier molecular flexibility index (Phi) is 2.15. The number of allylic oxidation sites excluding steroid dienone is 3. The molecule has 4 heteroatoms. The van der Waals surface area contributed by atoms with Gasteiger partial charge in [-0.15, -0.1) is 0 Å². The first-order valence-electron chi connectivity index (χ1n) is 6.10. The van der Waals surface area contributed by atoms with E-state index in [0.717, 1.165) is 10.0 Å². The number of halogens is 1. The van der Waals surface area contributed by atoms with Crippen molar-refractivity contribution < 1.29 is 14.3 Å². The van der Waals surface area contributed by atoms with Crippen LogP contribution < -0.4 is 0 Å². The van der Waals surface area contributed by atoms with Crippen molar-refractivity contribution in [3.05, 3.63) is 21.8 Å². The zero-order valence-corrected chi connectivity index (χ0v) is 11.4. The summed E-state index contributed by atoms with van der Waals surface area (Å²) in [5.74, 6) is 0.816. The molecule has 2 fully saturated rings. The topological polar surface area (TPSA) is 35.5 Å². The van der Waals surface area contributed by atoms with E-state index in [1.54, 1.807) is 0 Å². The largest absolute Gasteiger partial charge is 0.344 e. The van der Waals surface area contributed by atoms with Gasteiger partial charge in [0, 0.05) is 11.8 Å². The van der Waals surface area contributed by atoms with Gasteiger partial charge in [0.2, 0.25) is 0 Å². The van der Waals surface area contributed by atoms with Crippen LogP contribution in [0.25, 0.3) is 0 Å². The maximum Gasteiger partial charge on any atom is 0.193 e. The number of carbonyl (C=O) groups is 1. The number of fused-ring (bicyclic) bond motifs is 6. The van der Waals surface area contributed by atoms with Crippen molar-refractivity contribution in [3.8, 4) is 0 Å². The molecule has 17 heavy (non-hydrogen) atoms. The van der Waals surface area contributed by atoms with Crippen molar-refractivity contribution in [2.45, 2.75) is 12.2 Å². The Morgan fingerprint density at radius 2 is 1.94 bits per heavy atom. The van der Waals surface area contributed by atoms with Gasteiger partial charge >= 0.3 is 0 Å². The highest BCUT2D eigenvalue weighted by molar-refractivity contribution is 14.1. The number of hydrogen-bond donors (Lipinski definition) is 0. The highest BCUT2D eigenvalue weighted by atomic mass is 127. The quantitative estimate of drug-likeness (QED) is 0.499. The number of ketones is 1. The van der Waals surface area contributed by atoms with Crippen molar-refractivity contribution in [2.24, 2.45) is 23.7 Å². The molecular formula is C13H13IO3. The molecule has 1 heterocycles. The van der Waals surface area contributed by atoms with Crippen molar-refractivity contribution in [1.29, 1.82) is 0 Å². The van der Waals surface area contributed by atoms with Crippen molar-refractivity contribution >= 4 is 28.4 Å². The van der Waals surface area contributed by atoms with Gasteiger partial charge in [-0.1, -0.05) is 12.2 Å². The van der Waals surface area contributed by atoms with Gasteiger partial charge in [-0.2, -0.15) is 0 Å². The van der Waals surface area contributed by atoms with Crippen LogP contribution in [0.4, 0.5) is 0 Å². The van der Waals surface area contributed by atoms with Gasteiger partial charge in [0.05, 0.1) is 16.8 Å². The number of carbonyl (C=O) groups excluding carboxylic acids is 1. The molecule has 0 radical (unpaired) electrons. The van der Waals surface area contributed by atoms with Crippen molar-refractivity contribution in [3.63, 3.8) is 0 Å². The van der Waals surface area contributed by atoms with Gasteiger partial charge in [0.1, 0.15) is 0 Å². The van der Waals surface area contributed by atoms with E-state index in [-0.39, 0.29) is 17.6 Å². The first-order valence-corrected chi connectivity index (χ1v) is 7.18. The van der Waals surface area contributed by atoms with E-state index >= 15 is 0 Å². The number of hydrogen-bond acceptors (Lipinski definition) is 3. The highest BCUT2D eigenvalue weighted by Gasteiger charge is 2.61. The minimum absolute atomic E-state index is 0.0833. The third-order valence-electron chi connectivity index (χ3n) is 4.53. The molecule has 1 spiro atoms. The molecule has 0 amide bonds. The summed E-state index contributed by atoms with van der Waals surface area (Å²) in [5, 5.41) is 0. The van der Waals surface area contributed by atoms with Gasteiger partial charge < -0.3 is 9.47 Å². The Balaban J connectivity index is 1.86. The Morgan fingerprint density at radius 3 is 2.71 bits per heavy atom. The minimum Gasteiger partial charge on any atom is -0.344 e.